The van der Waals surface area contributed by atoms with E-state index in [1.165, 1.54) is 5.56 Å². The van der Waals surface area contributed by atoms with Crippen molar-refractivity contribution >= 4 is 33.2 Å². The Balaban J connectivity index is 2.20. The summed E-state index contributed by atoms with van der Waals surface area (Å²) in [6.45, 7) is 2.10. The molecule has 0 saturated heterocycles. The predicted molar refractivity (Wildman–Crippen MR) is 84.2 cm³/mol. The first-order valence-corrected chi connectivity index (χ1v) is 7.13. The first-order valence-electron chi connectivity index (χ1n) is 5.95. The van der Waals surface area contributed by atoms with Crippen molar-refractivity contribution in [2.24, 2.45) is 0 Å². The highest BCUT2D eigenvalue weighted by molar-refractivity contribution is 9.10. The van der Waals surface area contributed by atoms with Crippen molar-refractivity contribution in [1.29, 1.82) is 0 Å². The molecule has 2 nitrogen and oxygen atoms in total. The van der Waals surface area contributed by atoms with Gasteiger partial charge in [0.05, 0.1) is 12.8 Å². The summed E-state index contributed by atoms with van der Waals surface area (Å²) in [6.07, 6.45) is 0. The zero-order valence-corrected chi connectivity index (χ0v) is 13.1. The molecular formula is C15H15BrClNO. The molecular weight excluding hydrogens is 326 g/mol. The zero-order valence-electron chi connectivity index (χ0n) is 10.8. The molecule has 1 N–H and O–H groups in total. The molecule has 0 amide bonds. The Bertz CT molecular complexity index is 557. The molecule has 2 rings (SSSR count). The number of hydrogen-bond donors (Lipinski definition) is 1. The summed E-state index contributed by atoms with van der Waals surface area (Å²) in [6, 6.07) is 13.9. The van der Waals surface area contributed by atoms with E-state index in [4.69, 9.17) is 16.3 Å². The SMILES string of the molecule is COc1ccc(Br)cc1NC(C)c1ccc(Cl)cc1. The number of rotatable bonds is 4. The molecule has 2 aromatic carbocycles. The fourth-order valence-corrected chi connectivity index (χ4v) is 2.35. The Morgan fingerprint density at radius 2 is 1.84 bits per heavy atom. The van der Waals surface area contributed by atoms with Crippen LogP contribution in [0.15, 0.2) is 46.9 Å². The number of benzene rings is 2. The molecule has 2 aromatic rings. The van der Waals surface area contributed by atoms with Gasteiger partial charge in [-0.15, -0.1) is 0 Å². The highest BCUT2D eigenvalue weighted by Gasteiger charge is 2.09. The fraction of sp³-hybridized carbons (Fsp3) is 0.200. The Morgan fingerprint density at radius 1 is 1.16 bits per heavy atom. The second kappa shape index (κ2) is 6.31. The first-order chi connectivity index (χ1) is 9.10. The van der Waals surface area contributed by atoms with Crippen molar-refractivity contribution < 1.29 is 4.74 Å². The lowest BCUT2D eigenvalue weighted by molar-refractivity contribution is 0.416. The van der Waals surface area contributed by atoms with Crippen LogP contribution in [-0.2, 0) is 0 Å². The minimum atomic E-state index is 0.167. The highest BCUT2D eigenvalue weighted by Crippen LogP contribution is 2.31. The van der Waals surface area contributed by atoms with Crippen LogP contribution in [0.4, 0.5) is 5.69 Å². The molecule has 0 bridgehead atoms. The van der Waals surface area contributed by atoms with Gasteiger partial charge in [-0.2, -0.15) is 0 Å². The fourth-order valence-electron chi connectivity index (χ4n) is 1.86. The molecule has 0 aliphatic rings. The van der Waals surface area contributed by atoms with E-state index in [0.717, 1.165) is 20.9 Å². The zero-order chi connectivity index (χ0) is 13.8. The number of anilines is 1. The maximum atomic E-state index is 5.90. The van der Waals surface area contributed by atoms with Crippen LogP contribution in [0.5, 0.6) is 5.75 Å². The van der Waals surface area contributed by atoms with Crippen molar-refractivity contribution in [3.05, 3.63) is 57.5 Å². The van der Waals surface area contributed by atoms with Gasteiger partial charge in [0.2, 0.25) is 0 Å². The van der Waals surface area contributed by atoms with Crippen molar-refractivity contribution in [1.82, 2.24) is 0 Å². The van der Waals surface area contributed by atoms with E-state index in [2.05, 4.69) is 28.2 Å². The quantitative estimate of drug-likeness (QED) is 0.817. The van der Waals surface area contributed by atoms with Gasteiger partial charge in [-0.05, 0) is 42.8 Å². The predicted octanol–water partition coefficient (Wildman–Crippen LogP) is 5.28. The van der Waals surface area contributed by atoms with E-state index in [-0.39, 0.29) is 6.04 Å². The largest absolute Gasteiger partial charge is 0.495 e. The van der Waals surface area contributed by atoms with Gasteiger partial charge in [0.15, 0.2) is 0 Å². The lowest BCUT2D eigenvalue weighted by Crippen LogP contribution is -2.07. The number of ether oxygens (including phenoxy) is 1. The average Bonchev–Trinajstić information content (AvgIpc) is 2.39. The molecule has 1 atom stereocenters. The second-order valence-electron chi connectivity index (χ2n) is 4.26. The van der Waals surface area contributed by atoms with Gasteiger partial charge in [0.25, 0.3) is 0 Å². The van der Waals surface area contributed by atoms with Crippen molar-refractivity contribution in [2.75, 3.05) is 12.4 Å². The standard InChI is InChI=1S/C15H15BrClNO/c1-10(11-3-6-13(17)7-4-11)18-14-9-12(16)5-8-15(14)19-2/h3-10,18H,1-2H3. The van der Waals surface area contributed by atoms with Gasteiger partial charge in [0.1, 0.15) is 5.75 Å². The van der Waals surface area contributed by atoms with Crippen LogP contribution in [0.3, 0.4) is 0 Å². The summed E-state index contributed by atoms with van der Waals surface area (Å²) in [5.74, 6) is 0.823. The van der Waals surface area contributed by atoms with E-state index >= 15 is 0 Å². The lowest BCUT2D eigenvalue weighted by Gasteiger charge is -2.18. The third-order valence-corrected chi connectivity index (χ3v) is 3.65. The minimum absolute atomic E-state index is 0.167. The van der Waals surface area contributed by atoms with Gasteiger partial charge >= 0.3 is 0 Å². The van der Waals surface area contributed by atoms with Crippen LogP contribution in [-0.4, -0.2) is 7.11 Å². The van der Waals surface area contributed by atoms with E-state index in [9.17, 15) is 0 Å². The Morgan fingerprint density at radius 3 is 2.47 bits per heavy atom. The van der Waals surface area contributed by atoms with Crippen LogP contribution in [0.2, 0.25) is 5.02 Å². The van der Waals surface area contributed by atoms with Crippen LogP contribution in [0, 0.1) is 0 Å². The average molecular weight is 341 g/mol. The van der Waals surface area contributed by atoms with Crippen LogP contribution < -0.4 is 10.1 Å². The smallest absolute Gasteiger partial charge is 0.142 e. The van der Waals surface area contributed by atoms with Gasteiger partial charge in [-0.3, -0.25) is 0 Å². The summed E-state index contributed by atoms with van der Waals surface area (Å²) in [7, 11) is 1.67. The van der Waals surface area contributed by atoms with Crippen molar-refractivity contribution in [3.63, 3.8) is 0 Å². The Kier molecular flexibility index (Phi) is 4.72. The summed E-state index contributed by atoms with van der Waals surface area (Å²) in [4.78, 5) is 0. The maximum Gasteiger partial charge on any atom is 0.142 e. The third-order valence-electron chi connectivity index (χ3n) is 2.90. The summed E-state index contributed by atoms with van der Waals surface area (Å²) < 4.78 is 6.36. The van der Waals surface area contributed by atoms with Crippen LogP contribution >= 0.6 is 27.5 Å². The molecule has 0 aliphatic heterocycles. The molecule has 0 heterocycles. The maximum absolute atomic E-state index is 5.90. The molecule has 1 unspecified atom stereocenters. The number of nitrogens with one attached hydrogen (secondary N) is 1. The molecule has 0 saturated carbocycles. The molecule has 0 aromatic heterocycles. The summed E-state index contributed by atoms with van der Waals surface area (Å²) in [5.41, 5.74) is 2.13. The lowest BCUT2D eigenvalue weighted by atomic mass is 10.1. The number of halogens is 2. The van der Waals surface area contributed by atoms with Gasteiger partial charge in [-0.25, -0.2) is 0 Å². The molecule has 0 fully saturated rings. The van der Waals surface area contributed by atoms with E-state index in [0.29, 0.717) is 0 Å². The molecule has 19 heavy (non-hydrogen) atoms. The van der Waals surface area contributed by atoms with Gasteiger partial charge < -0.3 is 10.1 Å². The third kappa shape index (κ3) is 3.64. The van der Waals surface area contributed by atoms with Crippen LogP contribution in [0.25, 0.3) is 0 Å². The first kappa shape index (κ1) is 14.2. The Labute approximate surface area is 126 Å². The Hall–Kier alpha value is -1.19. The minimum Gasteiger partial charge on any atom is -0.495 e. The van der Waals surface area contributed by atoms with Gasteiger partial charge in [0, 0.05) is 15.5 Å². The second-order valence-corrected chi connectivity index (χ2v) is 5.61. The summed E-state index contributed by atoms with van der Waals surface area (Å²) in [5, 5.41) is 4.19. The highest BCUT2D eigenvalue weighted by atomic mass is 79.9. The summed E-state index contributed by atoms with van der Waals surface area (Å²) >= 11 is 9.37. The molecule has 0 spiro atoms. The molecule has 0 radical (unpaired) electrons. The van der Waals surface area contributed by atoms with E-state index in [1.54, 1.807) is 7.11 Å². The van der Waals surface area contributed by atoms with E-state index < -0.39 is 0 Å². The monoisotopic (exact) mass is 339 g/mol. The number of methoxy groups -OCH3 is 1. The molecule has 4 heteroatoms. The number of hydrogen-bond acceptors (Lipinski definition) is 2. The normalized spacial score (nSPS) is 12.0. The van der Waals surface area contributed by atoms with E-state index in [1.807, 2.05) is 42.5 Å². The van der Waals surface area contributed by atoms with Crippen molar-refractivity contribution in [2.45, 2.75) is 13.0 Å². The van der Waals surface area contributed by atoms with Crippen molar-refractivity contribution in [3.8, 4) is 5.75 Å². The molecule has 100 valence electrons. The topological polar surface area (TPSA) is 21.3 Å². The molecule has 0 aliphatic carbocycles. The van der Waals surface area contributed by atoms with Gasteiger partial charge in [-0.1, -0.05) is 39.7 Å². The van der Waals surface area contributed by atoms with Crippen LogP contribution in [0.1, 0.15) is 18.5 Å².